The molecule has 1 unspecified atom stereocenters. The van der Waals surface area contributed by atoms with Gasteiger partial charge < -0.3 is 0 Å². The molecule has 0 amide bonds. The van der Waals surface area contributed by atoms with Gasteiger partial charge in [-0.25, -0.2) is 13.1 Å². The van der Waals surface area contributed by atoms with E-state index in [9.17, 15) is 12.6 Å². The zero-order chi connectivity index (χ0) is 14.5. The van der Waals surface area contributed by atoms with E-state index in [1.54, 1.807) is 0 Å². The van der Waals surface area contributed by atoms with Crippen LogP contribution in [0.5, 0.6) is 0 Å². The van der Waals surface area contributed by atoms with Crippen LogP contribution in [0.15, 0.2) is 12.3 Å². The molecule has 0 saturated carbocycles. The van der Waals surface area contributed by atoms with Crippen molar-refractivity contribution < 1.29 is 12.6 Å². The molecule has 1 N–H and O–H groups in total. The molecule has 1 atom stereocenters. The van der Waals surface area contributed by atoms with E-state index in [0.717, 1.165) is 0 Å². The predicted molar refractivity (Wildman–Crippen MR) is 78.4 cm³/mol. The SMILES string of the molecule is CNS(=O)(=O)CCCS(=O)Cc1ncc(Cl)cc1Cl. The van der Waals surface area contributed by atoms with E-state index in [4.69, 9.17) is 23.2 Å². The van der Waals surface area contributed by atoms with Crippen LogP contribution in [-0.2, 0) is 26.6 Å². The van der Waals surface area contributed by atoms with E-state index in [1.165, 1.54) is 19.3 Å². The summed E-state index contributed by atoms with van der Waals surface area (Å²) in [6, 6.07) is 1.54. The molecule has 1 heterocycles. The highest BCUT2D eigenvalue weighted by atomic mass is 35.5. The summed E-state index contributed by atoms with van der Waals surface area (Å²) in [5, 5.41) is 0.781. The summed E-state index contributed by atoms with van der Waals surface area (Å²) in [5.74, 6) is 0.425. The Morgan fingerprint density at radius 2 is 2.11 bits per heavy atom. The maximum Gasteiger partial charge on any atom is 0.211 e. The molecule has 0 fully saturated rings. The minimum Gasteiger partial charge on any atom is -0.259 e. The Morgan fingerprint density at radius 3 is 2.68 bits per heavy atom. The minimum absolute atomic E-state index is 0.0446. The molecule has 5 nitrogen and oxygen atoms in total. The van der Waals surface area contributed by atoms with Gasteiger partial charge in [-0.3, -0.25) is 9.19 Å². The fourth-order valence-corrected chi connectivity index (χ4v) is 3.87. The molecule has 0 aliphatic rings. The summed E-state index contributed by atoms with van der Waals surface area (Å²) >= 11 is 11.6. The standard InChI is InChI=1S/C10H14Cl2N2O3S2/c1-13-19(16,17)4-2-3-18(15)7-10-9(12)5-8(11)6-14-10/h5-6,13H,2-4,7H2,1H3. The Morgan fingerprint density at radius 1 is 1.42 bits per heavy atom. The van der Waals surface area contributed by atoms with Crippen molar-refractivity contribution in [1.82, 2.24) is 9.71 Å². The molecule has 0 spiro atoms. The van der Waals surface area contributed by atoms with Crippen LogP contribution in [0.3, 0.4) is 0 Å². The van der Waals surface area contributed by atoms with E-state index >= 15 is 0 Å². The lowest BCUT2D eigenvalue weighted by Crippen LogP contribution is -2.23. The number of sulfonamides is 1. The van der Waals surface area contributed by atoms with E-state index in [2.05, 4.69) is 9.71 Å². The summed E-state index contributed by atoms with van der Waals surface area (Å²) in [6.45, 7) is 0. The van der Waals surface area contributed by atoms with Gasteiger partial charge in [0.1, 0.15) is 0 Å². The van der Waals surface area contributed by atoms with Crippen LogP contribution in [0.25, 0.3) is 0 Å². The second kappa shape index (κ2) is 7.54. The zero-order valence-electron chi connectivity index (χ0n) is 10.2. The number of hydrogen-bond donors (Lipinski definition) is 1. The highest BCUT2D eigenvalue weighted by molar-refractivity contribution is 7.89. The number of rotatable bonds is 7. The molecule has 19 heavy (non-hydrogen) atoms. The van der Waals surface area contributed by atoms with Crippen molar-refractivity contribution in [3.63, 3.8) is 0 Å². The van der Waals surface area contributed by atoms with Gasteiger partial charge in [0.2, 0.25) is 10.0 Å². The third-order valence-corrected chi connectivity index (χ3v) is 5.60. The van der Waals surface area contributed by atoms with Crippen LogP contribution in [0.1, 0.15) is 12.1 Å². The number of aromatic nitrogens is 1. The van der Waals surface area contributed by atoms with Crippen molar-refractivity contribution in [1.29, 1.82) is 0 Å². The Hall–Kier alpha value is -0.210. The van der Waals surface area contributed by atoms with Crippen LogP contribution in [0.4, 0.5) is 0 Å². The number of halogens is 2. The molecule has 0 aliphatic carbocycles. The third-order valence-electron chi connectivity index (χ3n) is 2.28. The quantitative estimate of drug-likeness (QED) is 0.814. The van der Waals surface area contributed by atoms with Gasteiger partial charge >= 0.3 is 0 Å². The van der Waals surface area contributed by atoms with Crippen LogP contribution in [-0.4, -0.2) is 36.2 Å². The molecular weight excluding hydrogens is 331 g/mol. The molecule has 0 aliphatic heterocycles. The monoisotopic (exact) mass is 344 g/mol. The number of pyridine rings is 1. The normalized spacial score (nSPS) is 13.4. The van der Waals surface area contributed by atoms with E-state index < -0.39 is 20.8 Å². The highest BCUT2D eigenvalue weighted by Gasteiger charge is 2.11. The first-order valence-electron chi connectivity index (χ1n) is 5.40. The molecule has 1 aromatic rings. The molecule has 0 aromatic carbocycles. The van der Waals surface area contributed by atoms with Crippen molar-refractivity contribution >= 4 is 44.0 Å². The summed E-state index contributed by atoms with van der Waals surface area (Å²) in [5.41, 5.74) is 0.501. The maximum atomic E-state index is 11.8. The average molecular weight is 345 g/mol. The average Bonchev–Trinajstić information content (AvgIpc) is 2.32. The van der Waals surface area contributed by atoms with Crippen molar-refractivity contribution in [2.75, 3.05) is 18.6 Å². The molecular formula is C10H14Cl2N2O3S2. The van der Waals surface area contributed by atoms with Gasteiger partial charge in [0.05, 0.1) is 27.2 Å². The summed E-state index contributed by atoms with van der Waals surface area (Å²) in [6.07, 6.45) is 1.76. The van der Waals surface area contributed by atoms with Gasteiger partial charge in [0.15, 0.2) is 0 Å². The van der Waals surface area contributed by atoms with Crippen LogP contribution in [0, 0.1) is 0 Å². The van der Waals surface area contributed by atoms with Crippen LogP contribution in [0.2, 0.25) is 10.0 Å². The predicted octanol–water partition coefficient (Wildman–Crippen LogP) is 1.58. The summed E-state index contributed by atoms with van der Waals surface area (Å²) < 4.78 is 36.3. The third kappa shape index (κ3) is 6.18. The fourth-order valence-electron chi connectivity index (χ4n) is 1.29. The van der Waals surface area contributed by atoms with Crippen LogP contribution >= 0.6 is 23.2 Å². The van der Waals surface area contributed by atoms with Gasteiger partial charge in [-0.2, -0.15) is 0 Å². The van der Waals surface area contributed by atoms with Crippen molar-refractivity contribution in [2.45, 2.75) is 12.2 Å². The molecule has 1 rings (SSSR count). The maximum absolute atomic E-state index is 11.8. The fraction of sp³-hybridized carbons (Fsp3) is 0.500. The van der Waals surface area contributed by atoms with Gasteiger partial charge in [-0.15, -0.1) is 0 Å². The van der Waals surface area contributed by atoms with Gasteiger partial charge in [0, 0.05) is 22.7 Å². The van der Waals surface area contributed by atoms with Gasteiger partial charge in [-0.1, -0.05) is 23.2 Å². The highest BCUT2D eigenvalue weighted by Crippen LogP contribution is 2.19. The Balaban J connectivity index is 2.48. The second-order valence-corrected chi connectivity index (χ2v) is 8.21. The Kier molecular flexibility index (Phi) is 6.68. The van der Waals surface area contributed by atoms with Crippen molar-refractivity contribution in [3.8, 4) is 0 Å². The van der Waals surface area contributed by atoms with Crippen molar-refractivity contribution in [2.24, 2.45) is 0 Å². The number of hydrogen-bond acceptors (Lipinski definition) is 4. The van der Waals surface area contributed by atoms with Gasteiger partial charge in [-0.05, 0) is 19.5 Å². The largest absolute Gasteiger partial charge is 0.259 e. The zero-order valence-corrected chi connectivity index (χ0v) is 13.4. The Bertz CT molecular complexity index is 564. The lowest BCUT2D eigenvalue weighted by atomic mass is 10.4. The first-order chi connectivity index (χ1) is 8.84. The first kappa shape index (κ1) is 16.8. The van der Waals surface area contributed by atoms with E-state index in [1.807, 2.05) is 0 Å². The lowest BCUT2D eigenvalue weighted by molar-refractivity contribution is 0.587. The first-order valence-corrected chi connectivity index (χ1v) is 9.30. The second-order valence-electron chi connectivity index (χ2n) is 3.75. The minimum atomic E-state index is -3.25. The molecule has 0 radical (unpaired) electrons. The van der Waals surface area contributed by atoms with E-state index in [-0.39, 0.29) is 17.3 Å². The molecule has 1 aromatic heterocycles. The van der Waals surface area contributed by atoms with E-state index in [0.29, 0.717) is 22.2 Å². The van der Waals surface area contributed by atoms with Crippen molar-refractivity contribution in [3.05, 3.63) is 28.0 Å². The molecule has 0 bridgehead atoms. The topological polar surface area (TPSA) is 76.1 Å². The lowest BCUT2D eigenvalue weighted by Gasteiger charge is -2.05. The summed E-state index contributed by atoms with van der Waals surface area (Å²) in [7, 11) is -3.10. The molecule has 0 saturated heterocycles. The molecule has 108 valence electrons. The smallest absolute Gasteiger partial charge is 0.211 e. The molecule has 9 heteroatoms. The Labute approximate surface area is 125 Å². The number of nitrogens with one attached hydrogen (secondary N) is 1. The summed E-state index contributed by atoms with van der Waals surface area (Å²) in [4.78, 5) is 4.00. The van der Waals surface area contributed by atoms with Gasteiger partial charge in [0.25, 0.3) is 0 Å². The van der Waals surface area contributed by atoms with Crippen LogP contribution < -0.4 is 4.72 Å². The number of nitrogens with zero attached hydrogens (tertiary/aromatic N) is 1.